The van der Waals surface area contributed by atoms with Crippen LogP contribution in [0.2, 0.25) is 0 Å². The Bertz CT molecular complexity index is 3220. The van der Waals surface area contributed by atoms with Crippen molar-refractivity contribution in [1.82, 2.24) is 80.2 Å². The van der Waals surface area contributed by atoms with Gasteiger partial charge in [0.05, 0.1) is 35.2 Å². The molecule has 0 saturated carbocycles. The number of hydrogen-bond acceptors (Lipinski definition) is 16. The van der Waals surface area contributed by atoms with Crippen LogP contribution in [0.3, 0.4) is 0 Å². The van der Waals surface area contributed by atoms with Gasteiger partial charge in [0, 0.05) is 107 Å². The summed E-state index contributed by atoms with van der Waals surface area (Å²) in [5.41, 5.74) is 21.6. The molecule has 16 heteroatoms. The Morgan fingerprint density at radius 1 is 0.176 bits per heavy atom. The first-order chi connectivity index (χ1) is 56.1. The Morgan fingerprint density at radius 3 is 0.688 bits per heavy atom. The molecule has 0 aromatic carbocycles. The highest BCUT2D eigenvalue weighted by Gasteiger charge is 2.14. The van der Waals surface area contributed by atoms with Crippen LogP contribution in [0, 0.1) is 0 Å². The van der Waals surface area contributed by atoms with E-state index >= 15 is 0 Å². The van der Waals surface area contributed by atoms with Crippen molar-refractivity contribution >= 4 is 0 Å². The summed E-state index contributed by atoms with van der Waals surface area (Å²) >= 11 is 0. The fourth-order valence-corrected chi connectivity index (χ4v) is 10.4. The molecule has 0 atom stereocenters. The summed E-state index contributed by atoms with van der Waals surface area (Å²) in [5, 5.41) is 16.1. The highest BCUT2D eigenvalue weighted by Crippen LogP contribution is 2.26. The van der Waals surface area contributed by atoms with Gasteiger partial charge < -0.3 is 0 Å². The first kappa shape index (κ1) is 125. The fourth-order valence-electron chi connectivity index (χ4n) is 10.4. The lowest BCUT2D eigenvalue weighted by molar-refractivity contribution is 0.729. The van der Waals surface area contributed by atoms with Gasteiger partial charge in [-0.1, -0.05) is 326 Å². The average Bonchev–Trinajstić information content (AvgIpc) is 0.954. The topological polar surface area (TPSA) is 206 Å². The summed E-state index contributed by atoms with van der Waals surface area (Å²) in [5.74, 6) is 12.1. The summed E-state index contributed by atoms with van der Waals surface area (Å²) < 4.78 is 0. The van der Waals surface area contributed by atoms with Gasteiger partial charge in [-0.3, -0.25) is 29.9 Å². The highest BCUT2D eigenvalue weighted by molar-refractivity contribution is 5.26. The van der Waals surface area contributed by atoms with E-state index in [1.807, 2.05) is 74.1 Å². The maximum absolute atomic E-state index is 4.57. The molecule has 0 spiro atoms. The lowest BCUT2D eigenvalue weighted by atomic mass is 9.99. The molecule has 125 heavy (non-hydrogen) atoms. The molecule has 10 aromatic rings. The Labute approximate surface area is 768 Å². The van der Waals surface area contributed by atoms with E-state index in [1.54, 1.807) is 6.33 Å². The summed E-state index contributed by atoms with van der Waals surface area (Å²) in [7, 11) is 0. The molecule has 10 aromatic heterocycles. The van der Waals surface area contributed by atoms with Crippen molar-refractivity contribution < 1.29 is 0 Å². The molecule has 0 radical (unpaired) electrons. The molecule has 0 aliphatic carbocycles. The SMILES string of the molecule is C.C.C.C.C.CC(C)c1cc(C(C)C)ncn1.CC(C)c1cccc(C(C)C)n1.CC(C)c1ccnc(C(C)C)c1.CC(C)c1ccnc(C(C)C)c1.CC(C)c1ccnc(C(C)C)n1.CC(C)c1ccnc(C(C)C)n1.CC(C)c1cncc(C(C)C)c1.CC(C)c1cncc(C(C)C)n1.CC(C)c1cnnc(C(C)C)c1.CC(C)c1cnnc(C(C)C)c1. The number of aromatic nitrogens is 16. The molecule has 0 fully saturated rings. The van der Waals surface area contributed by atoms with Gasteiger partial charge in [0.15, 0.2) is 0 Å². The average molecular weight is 1720 g/mol. The third kappa shape index (κ3) is 50.3. The predicted octanol–water partition coefficient (Wildman–Crippen LogP) is 32.8. The second-order valence-electron chi connectivity index (χ2n) is 37.4. The van der Waals surface area contributed by atoms with Crippen LogP contribution in [-0.4, -0.2) is 80.2 Å². The zero-order chi connectivity index (χ0) is 91.4. The molecule has 16 nitrogen and oxygen atoms in total. The van der Waals surface area contributed by atoms with E-state index in [-0.39, 0.29) is 37.1 Å². The van der Waals surface area contributed by atoms with E-state index in [2.05, 4.69) is 424 Å². The monoisotopic (exact) mass is 1720 g/mol. The number of pyridine rings is 4. The standard InChI is InChI=1S/4C11H17N.6C10H16N2.5CH4/c1-8(2)10-5-11(9(3)4)7-12-6-10;2*1-8(2)10-5-6-12-11(7-10)9(3)4;1-8(2)10-6-5-7-11(12-10)9(3)4;1-7(2)9-5-11-6-10(12-9)8(3)4;1-7(2)9-5-10(8(3)4)12-6-11-9;2*1-7(2)9-5-10(8(3)4)12-11-6-9;2*1-7(2)9-5-6-11-10(12-9)8(3)4;;;;;/h4*5-9H,1-4H3;6*5-8H,1-4H3;5*1H4. The minimum absolute atomic E-state index is 0. The summed E-state index contributed by atoms with van der Waals surface area (Å²) in [4.78, 5) is 51.9. The van der Waals surface area contributed by atoms with Crippen LogP contribution >= 0.6 is 0 Å². The zero-order valence-electron chi connectivity index (χ0n) is 82.6. The fraction of sp³-hybridized carbons (Fsp3) is 0.596. The van der Waals surface area contributed by atoms with Crippen LogP contribution in [0.15, 0.2) is 147 Å². The van der Waals surface area contributed by atoms with Crippen LogP contribution < -0.4 is 0 Å². The van der Waals surface area contributed by atoms with Crippen LogP contribution in [0.5, 0.6) is 0 Å². The van der Waals surface area contributed by atoms with E-state index in [4.69, 9.17) is 0 Å². The van der Waals surface area contributed by atoms with Gasteiger partial charge in [-0.15, -0.1) is 0 Å². The Morgan fingerprint density at radius 2 is 0.416 bits per heavy atom. The third-order valence-electron chi connectivity index (χ3n) is 19.5. The largest absolute Gasteiger partial charge is 0.264 e. The maximum Gasteiger partial charge on any atom is 0.131 e. The molecule has 0 amide bonds. The Hall–Kier alpha value is -8.92. The van der Waals surface area contributed by atoms with Crippen molar-refractivity contribution in [2.24, 2.45) is 0 Å². The van der Waals surface area contributed by atoms with E-state index in [9.17, 15) is 0 Å². The van der Waals surface area contributed by atoms with Crippen molar-refractivity contribution in [3.8, 4) is 0 Å². The van der Waals surface area contributed by atoms with Gasteiger partial charge in [-0.2, -0.15) is 20.4 Å². The summed E-state index contributed by atoms with van der Waals surface area (Å²) in [6.45, 7) is 86.3. The van der Waals surface area contributed by atoms with Crippen molar-refractivity contribution in [3.63, 3.8) is 0 Å². The van der Waals surface area contributed by atoms with Crippen molar-refractivity contribution in [1.29, 1.82) is 0 Å². The van der Waals surface area contributed by atoms with E-state index in [0.717, 1.165) is 57.2 Å². The lowest BCUT2D eigenvalue weighted by Gasteiger charge is -2.09. The quantitative estimate of drug-likeness (QED) is 0.0695. The van der Waals surface area contributed by atoms with Gasteiger partial charge >= 0.3 is 0 Å². The van der Waals surface area contributed by atoms with Crippen molar-refractivity contribution in [3.05, 3.63) is 261 Å². The minimum atomic E-state index is 0. The maximum atomic E-state index is 4.57. The lowest BCUT2D eigenvalue weighted by Crippen LogP contribution is -2.01. The predicted molar refractivity (Wildman–Crippen MR) is 545 cm³/mol. The molecular formula is C109H184N16. The normalized spacial score (nSPS) is 10.7. The smallest absolute Gasteiger partial charge is 0.131 e. The number of rotatable bonds is 20. The number of nitrogens with zero attached hydrogens (tertiary/aromatic N) is 16. The molecule has 700 valence electrons. The molecule has 0 bridgehead atoms. The van der Waals surface area contributed by atoms with Crippen LogP contribution in [0.1, 0.15) is 546 Å². The van der Waals surface area contributed by atoms with Crippen LogP contribution in [-0.2, 0) is 0 Å². The highest BCUT2D eigenvalue weighted by atomic mass is 15.1. The molecule has 0 unspecified atom stereocenters. The van der Waals surface area contributed by atoms with E-state index in [0.29, 0.717) is 118 Å². The van der Waals surface area contributed by atoms with Gasteiger partial charge in [-0.05, 0) is 207 Å². The van der Waals surface area contributed by atoms with Gasteiger partial charge in [0.1, 0.15) is 18.0 Å². The molecule has 0 aliphatic rings. The molecule has 10 rings (SSSR count). The second-order valence-corrected chi connectivity index (χ2v) is 37.4. The van der Waals surface area contributed by atoms with Crippen molar-refractivity contribution in [2.45, 2.75) is 432 Å². The molecule has 0 saturated heterocycles. The van der Waals surface area contributed by atoms with Crippen LogP contribution in [0.25, 0.3) is 0 Å². The minimum Gasteiger partial charge on any atom is -0.264 e. The van der Waals surface area contributed by atoms with Crippen LogP contribution in [0.4, 0.5) is 0 Å². The van der Waals surface area contributed by atoms with Gasteiger partial charge in [0.25, 0.3) is 0 Å². The Balaban J connectivity index is -0.000000425. The zero-order valence-corrected chi connectivity index (χ0v) is 82.6. The molecule has 0 N–H and O–H groups in total. The molecule has 10 heterocycles. The van der Waals surface area contributed by atoms with Gasteiger partial charge in [-0.25, -0.2) is 29.9 Å². The van der Waals surface area contributed by atoms with Gasteiger partial charge in [0.2, 0.25) is 0 Å². The first-order valence-corrected chi connectivity index (χ1v) is 44.9. The third-order valence-corrected chi connectivity index (χ3v) is 19.5. The molecular weight excluding hydrogens is 1530 g/mol. The van der Waals surface area contributed by atoms with E-state index < -0.39 is 0 Å². The van der Waals surface area contributed by atoms with E-state index in [1.165, 1.54) is 56.2 Å². The molecule has 0 aliphatic heterocycles. The van der Waals surface area contributed by atoms with Crippen molar-refractivity contribution in [2.75, 3.05) is 0 Å². The second kappa shape index (κ2) is 65.6. The number of hydrogen-bond donors (Lipinski definition) is 0. The summed E-state index contributed by atoms with van der Waals surface area (Å²) in [6, 6.07) is 27.5. The summed E-state index contributed by atoms with van der Waals surface area (Å²) in [6.07, 6.45) is 20.4. The Kier molecular flexibility index (Phi) is 65.4. The first-order valence-electron chi connectivity index (χ1n) is 44.9.